The minimum atomic E-state index is -0.170. The van der Waals surface area contributed by atoms with Gasteiger partial charge in [-0.2, -0.15) is 0 Å². The molecule has 0 radical (unpaired) electrons. The number of amides is 1. The number of rotatable bonds is 4. The Labute approximate surface area is 99.5 Å². The summed E-state index contributed by atoms with van der Waals surface area (Å²) in [6.45, 7) is 6.27. The zero-order valence-electron chi connectivity index (χ0n) is 9.98. The van der Waals surface area contributed by atoms with E-state index in [1.807, 2.05) is 10.8 Å². The van der Waals surface area contributed by atoms with Gasteiger partial charge in [0.2, 0.25) is 0 Å². The molecule has 0 aromatic carbocycles. The van der Waals surface area contributed by atoms with Gasteiger partial charge in [0.25, 0.3) is 5.91 Å². The Kier molecular flexibility index (Phi) is 4.37. The van der Waals surface area contributed by atoms with Gasteiger partial charge >= 0.3 is 0 Å². The maximum Gasteiger partial charge on any atom is 0.253 e. The first-order valence-corrected chi connectivity index (χ1v) is 5.92. The van der Waals surface area contributed by atoms with Crippen LogP contribution in [0.2, 0.25) is 0 Å². The molecule has 0 atom stereocenters. The molecule has 0 fully saturated rings. The van der Waals surface area contributed by atoms with Crippen LogP contribution in [0.25, 0.3) is 0 Å². The number of nitrogens with zero attached hydrogens (tertiary/aromatic N) is 2. The molecule has 1 N–H and O–H groups in total. The summed E-state index contributed by atoms with van der Waals surface area (Å²) in [7, 11) is 1.42. The Morgan fingerprint density at radius 1 is 1.62 bits per heavy atom. The van der Waals surface area contributed by atoms with Crippen LogP contribution in [0.3, 0.4) is 0 Å². The van der Waals surface area contributed by atoms with Crippen molar-refractivity contribution in [2.75, 3.05) is 12.9 Å². The summed E-state index contributed by atoms with van der Waals surface area (Å²) in [4.78, 5) is 20.0. The van der Waals surface area contributed by atoms with Crippen LogP contribution in [0, 0.1) is 0 Å². The van der Waals surface area contributed by atoms with Crippen LogP contribution in [0.5, 0.6) is 0 Å². The number of nitrogens with one attached hydrogen (secondary N) is 1. The van der Waals surface area contributed by atoms with Gasteiger partial charge in [-0.05, 0) is 20.8 Å². The summed E-state index contributed by atoms with van der Waals surface area (Å²) in [5.41, 5.74) is 2.24. The first kappa shape index (κ1) is 13.1. The maximum atomic E-state index is 11.2. The first-order chi connectivity index (χ1) is 7.45. The van der Waals surface area contributed by atoms with Crippen molar-refractivity contribution < 1.29 is 9.63 Å². The second-order valence-electron chi connectivity index (χ2n) is 4.27. The zero-order valence-corrected chi connectivity index (χ0v) is 10.8. The molecule has 0 saturated heterocycles. The average molecular weight is 243 g/mol. The summed E-state index contributed by atoms with van der Waals surface area (Å²) in [5.74, 6) is 0.122. The predicted octanol–water partition coefficient (Wildman–Crippen LogP) is 1.41. The third-order valence-corrected chi connectivity index (χ3v) is 2.84. The Morgan fingerprint density at radius 3 is 2.88 bits per heavy atom. The van der Waals surface area contributed by atoms with Crippen molar-refractivity contribution >= 4 is 17.7 Å². The van der Waals surface area contributed by atoms with Crippen LogP contribution in [0.15, 0.2) is 17.6 Å². The molecule has 0 aliphatic rings. The van der Waals surface area contributed by atoms with Crippen LogP contribution in [-0.2, 0) is 15.2 Å². The molecule has 0 saturated carbocycles. The molecule has 5 nitrogen and oxygen atoms in total. The predicted molar refractivity (Wildman–Crippen MR) is 63.1 cm³/mol. The van der Waals surface area contributed by atoms with E-state index in [2.05, 4.69) is 36.1 Å². The highest BCUT2D eigenvalue weighted by molar-refractivity contribution is 7.99. The first-order valence-electron chi connectivity index (χ1n) is 4.93. The smallest absolute Gasteiger partial charge is 0.253 e. The van der Waals surface area contributed by atoms with Gasteiger partial charge in [0.1, 0.15) is 0 Å². The lowest BCUT2D eigenvalue weighted by atomic mass is 10.1. The average Bonchev–Trinajstić information content (AvgIpc) is 2.62. The summed E-state index contributed by atoms with van der Waals surface area (Å²) in [5, 5.41) is 0.832. The van der Waals surface area contributed by atoms with Gasteiger partial charge in [0, 0.05) is 17.9 Å². The van der Waals surface area contributed by atoms with Gasteiger partial charge in [-0.15, -0.1) is 0 Å². The van der Waals surface area contributed by atoms with E-state index in [9.17, 15) is 4.79 Å². The van der Waals surface area contributed by atoms with Crippen LogP contribution >= 0.6 is 11.8 Å². The van der Waals surface area contributed by atoms with Crippen molar-refractivity contribution in [2.45, 2.75) is 31.5 Å². The number of thioether (sulfide) groups is 1. The number of carbonyl (C=O) groups excluding carboxylic acids is 1. The fourth-order valence-electron chi connectivity index (χ4n) is 1.18. The SMILES string of the molecule is CONC(=O)CSc1nccn1C(C)(C)C. The number of imidazole rings is 1. The van der Waals surface area contributed by atoms with Crippen molar-refractivity contribution in [1.82, 2.24) is 15.0 Å². The topological polar surface area (TPSA) is 56.1 Å². The van der Waals surface area contributed by atoms with Gasteiger partial charge in [-0.3, -0.25) is 9.63 Å². The van der Waals surface area contributed by atoms with E-state index in [1.54, 1.807) is 6.20 Å². The van der Waals surface area contributed by atoms with E-state index in [4.69, 9.17) is 0 Å². The molecule has 1 rings (SSSR count). The number of aromatic nitrogens is 2. The Balaban J connectivity index is 2.61. The highest BCUT2D eigenvalue weighted by Crippen LogP contribution is 2.23. The van der Waals surface area contributed by atoms with Gasteiger partial charge < -0.3 is 4.57 Å². The minimum absolute atomic E-state index is 0.0312. The molecule has 90 valence electrons. The molecule has 1 aromatic rings. The number of hydroxylamine groups is 1. The second kappa shape index (κ2) is 5.36. The largest absolute Gasteiger partial charge is 0.321 e. The molecular weight excluding hydrogens is 226 g/mol. The second-order valence-corrected chi connectivity index (χ2v) is 5.21. The number of hydrogen-bond donors (Lipinski definition) is 1. The highest BCUT2D eigenvalue weighted by Gasteiger charge is 2.17. The molecule has 16 heavy (non-hydrogen) atoms. The summed E-state index contributed by atoms with van der Waals surface area (Å²) < 4.78 is 2.04. The molecule has 1 aromatic heterocycles. The van der Waals surface area contributed by atoms with E-state index in [-0.39, 0.29) is 11.4 Å². The standard InChI is InChI=1S/C10H17N3O2S/c1-10(2,3)13-6-5-11-9(13)16-7-8(14)12-15-4/h5-6H,7H2,1-4H3,(H,12,14). The van der Waals surface area contributed by atoms with Crippen molar-refractivity contribution in [1.29, 1.82) is 0 Å². The maximum absolute atomic E-state index is 11.2. The van der Waals surface area contributed by atoms with Crippen LogP contribution < -0.4 is 5.48 Å². The van der Waals surface area contributed by atoms with E-state index in [0.29, 0.717) is 5.75 Å². The van der Waals surface area contributed by atoms with Crippen LogP contribution in [-0.4, -0.2) is 28.3 Å². The quantitative estimate of drug-likeness (QED) is 0.641. The van der Waals surface area contributed by atoms with Gasteiger partial charge in [-0.1, -0.05) is 11.8 Å². The highest BCUT2D eigenvalue weighted by atomic mass is 32.2. The van der Waals surface area contributed by atoms with E-state index in [0.717, 1.165) is 5.16 Å². The van der Waals surface area contributed by atoms with Crippen molar-refractivity contribution in [3.63, 3.8) is 0 Å². The summed E-state index contributed by atoms with van der Waals surface area (Å²) in [6, 6.07) is 0. The summed E-state index contributed by atoms with van der Waals surface area (Å²) >= 11 is 1.39. The molecule has 0 unspecified atom stereocenters. The molecule has 0 aliphatic carbocycles. The van der Waals surface area contributed by atoms with Gasteiger partial charge in [0.05, 0.1) is 12.9 Å². The molecule has 0 spiro atoms. The van der Waals surface area contributed by atoms with Crippen LogP contribution in [0.4, 0.5) is 0 Å². The fourth-order valence-corrected chi connectivity index (χ4v) is 2.11. The lowest BCUT2D eigenvalue weighted by Crippen LogP contribution is -2.25. The zero-order chi connectivity index (χ0) is 12.2. The fraction of sp³-hybridized carbons (Fsp3) is 0.600. The Bertz CT molecular complexity index is 357. The normalized spacial score (nSPS) is 11.5. The summed E-state index contributed by atoms with van der Waals surface area (Å²) in [6.07, 6.45) is 3.65. The van der Waals surface area contributed by atoms with Gasteiger partial charge in [-0.25, -0.2) is 10.5 Å². The molecule has 0 aliphatic heterocycles. The number of hydrogen-bond acceptors (Lipinski definition) is 4. The molecular formula is C10H17N3O2S. The molecule has 1 heterocycles. The number of carbonyl (C=O) groups is 1. The van der Waals surface area contributed by atoms with Crippen LogP contribution in [0.1, 0.15) is 20.8 Å². The molecule has 0 bridgehead atoms. The van der Waals surface area contributed by atoms with Crippen molar-refractivity contribution in [3.05, 3.63) is 12.4 Å². The lowest BCUT2D eigenvalue weighted by molar-refractivity contribution is -0.128. The third-order valence-electron chi connectivity index (χ3n) is 1.88. The lowest BCUT2D eigenvalue weighted by Gasteiger charge is -2.22. The molecule has 6 heteroatoms. The van der Waals surface area contributed by atoms with E-state index >= 15 is 0 Å². The van der Waals surface area contributed by atoms with Gasteiger partial charge in [0.15, 0.2) is 5.16 Å². The Hall–Kier alpha value is -1.01. The van der Waals surface area contributed by atoms with E-state index in [1.165, 1.54) is 18.9 Å². The molecule has 1 amide bonds. The van der Waals surface area contributed by atoms with Crippen molar-refractivity contribution in [3.8, 4) is 0 Å². The monoisotopic (exact) mass is 243 g/mol. The Morgan fingerprint density at radius 2 is 2.31 bits per heavy atom. The van der Waals surface area contributed by atoms with Crippen molar-refractivity contribution in [2.24, 2.45) is 0 Å². The third kappa shape index (κ3) is 3.53. The minimum Gasteiger partial charge on any atom is -0.321 e. The van der Waals surface area contributed by atoms with E-state index < -0.39 is 0 Å².